The summed E-state index contributed by atoms with van der Waals surface area (Å²) in [5, 5.41) is 19.8. The van der Waals surface area contributed by atoms with E-state index in [2.05, 4.69) is 6.58 Å². The van der Waals surface area contributed by atoms with Gasteiger partial charge in [-0.15, -0.1) is 6.58 Å². The molecule has 0 aliphatic rings. The molecule has 74 valence electrons. The van der Waals surface area contributed by atoms with Crippen molar-refractivity contribution >= 4 is 5.69 Å². The summed E-state index contributed by atoms with van der Waals surface area (Å²) in [7, 11) is 0. The summed E-state index contributed by atoms with van der Waals surface area (Å²) in [5.74, 6) is -0.0667. The van der Waals surface area contributed by atoms with Crippen LogP contribution in [0.1, 0.15) is 11.6 Å². The van der Waals surface area contributed by atoms with Gasteiger partial charge >= 0.3 is 0 Å². The fourth-order valence-corrected chi connectivity index (χ4v) is 1.05. The largest absolute Gasteiger partial charge is 0.508 e. The zero-order valence-electron chi connectivity index (χ0n) is 7.38. The van der Waals surface area contributed by atoms with E-state index in [9.17, 15) is 15.2 Å². The van der Waals surface area contributed by atoms with Crippen molar-refractivity contribution < 1.29 is 10.0 Å². The minimum absolute atomic E-state index is 0.0667. The Bertz CT molecular complexity index is 376. The van der Waals surface area contributed by atoms with E-state index in [1.807, 2.05) is 0 Å². The average Bonchev–Trinajstić information content (AvgIpc) is 2.17. The predicted molar refractivity (Wildman–Crippen MR) is 51.9 cm³/mol. The SMILES string of the molecule is C=C[C@@H](N)c1cc([N+](=O)[O-])ccc1O. The highest BCUT2D eigenvalue weighted by molar-refractivity contribution is 5.45. The van der Waals surface area contributed by atoms with Crippen molar-refractivity contribution in [3.8, 4) is 5.75 Å². The maximum atomic E-state index is 10.4. The molecule has 0 radical (unpaired) electrons. The van der Waals surface area contributed by atoms with Crippen LogP contribution in [0.3, 0.4) is 0 Å². The van der Waals surface area contributed by atoms with Crippen LogP contribution in [-0.2, 0) is 0 Å². The van der Waals surface area contributed by atoms with Crippen LogP contribution < -0.4 is 5.73 Å². The molecule has 0 amide bonds. The predicted octanol–water partition coefficient (Wildman–Crippen LogP) is 1.49. The molecule has 14 heavy (non-hydrogen) atoms. The van der Waals surface area contributed by atoms with Gasteiger partial charge in [0.15, 0.2) is 0 Å². The first-order valence-corrected chi connectivity index (χ1v) is 3.91. The fourth-order valence-electron chi connectivity index (χ4n) is 1.05. The summed E-state index contributed by atoms with van der Waals surface area (Å²) in [6.07, 6.45) is 1.40. The van der Waals surface area contributed by atoms with Crippen LogP contribution in [0, 0.1) is 10.1 Å². The molecule has 1 aromatic carbocycles. The monoisotopic (exact) mass is 194 g/mol. The van der Waals surface area contributed by atoms with Gasteiger partial charge in [-0.1, -0.05) is 6.08 Å². The molecule has 5 nitrogen and oxygen atoms in total. The molecule has 1 rings (SSSR count). The average molecular weight is 194 g/mol. The summed E-state index contributed by atoms with van der Waals surface area (Å²) in [6.45, 7) is 3.45. The van der Waals surface area contributed by atoms with Crippen LogP contribution in [0.4, 0.5) is 5.69 Å². The van der Waals surface area contributed by atoms with E-state index >= 15 is 0 Å². The van der Waals surface area contributed by atoms with Crippen LogP contribution >= 0.6 is 0 Å². The highest BCUT2D eigenvalue weighted by Gasteiger charge is 2.13. The van der Waals surface area contributed by atoms with Gasteiger partial charge in [-0.2, -0.15) is 0 Å². The van der Waals surface area contributed by atoms with E-state index < -0.39 is 11.0 Å². The van der Waals surface area contributed by atoms with Crippen molar-refractivity contribution in [2.75, 3.05) is 0 Å². The molecule has 0 saturated heterocycles. The Kier molecular flexibility index (Phi) is 2.83. The molecule has 0 spiro atoms. The summed E-state index contributed by atoms with van der Waals surface area (Å²) in [5.41, 5.74) is 5.76. The van der Waals surface area contributed by atoms with Gasteiger partial charge in [-0.3, -0.25) is 10.1 Å². The van der Waals surface area contributed by atoms with Gasteiger partial charge in [-0.25, -0.2) is 0 Å². The normalized spacial score (nSPS) is 12.1. The quantitative estimate of drug-likeness (QED) is 0.433. The van der Waals surface area contributed by atoms with Crippen LogP contribution in [0.2, 0.25) is 0 Å². The number of hydrogen-bond acceptors (Lipinski definition) is 4. The molecule has 1 atom stereocenters. The second-order valence-electron chi connectivity index (χ2n) is 2.76. The molecule has 1 aromatic rings. The third-order valence-electron chi connectivity index (χ3n) is 1.83. The van der Waals surface area contributed by atoms with Gasteiger partial charge in [0.1, 0.15) is 5.75 Å². The summed E-state index contributed by atoms with van der Waals surface area (Å²) >= 11 is 0. The van der Waals surface area contributed by atoms with Gasteiger partial charge < -0.3 is 10.8 Å². The molecular formula is C9H10N2O3. The first-order chi connectivity index (χ1) is 6.56. The molecule has 0 fully saturated rings. The number of nitrogens with zero attached hydrogens (tertiary/aromatic N) is 1. The van der Waals surface area contributed by atoms with Crippen molar-refractivity contribution in [2.24, 2.45) is 5.73 Å². The number of hydrogen-bond donors (Lipinski definition) is 2. The molecule has 0 aliphatic carbocycles. The summed E-state index contributed by atoms with van der Waals surface area (Å²) in [6, 6.07) is 3.10. The van der Waals surface area contributed by atoms with E-state index in [0.717, 1.165) is 0 Å². The van der Waals surface area contributed by atoms with Crippen LogP contribution in [-0.4, -0.2) is 10.0 Å². The Morgan fingerprint density at radius 3 is 2.79 bits per heavy atom. The smallest absolute Gasteiger partial charge is 0.270 e. The Hall–Kier alpha value is -1.88. The van der Waals surface area contributed by atoms with E-state index in [-0.39, 0.29) is 11.4 Å². The first kappa shape index (κ1) is 10.2. The molecule has 0 saturated carbocycles. The number of nitrogens with two attached hydrogens (primary N) is 1. The number of nitro benzene ring substituents is 1. The minimum atomic E-state index is -0.602. The molecule has 0 aliphatic heterocycles. The number of benzene rings is 1. The second kappa shape index (κ2) is 3.89. The molecule has 0 bridgehead atoms. The Morgan fingerprint density at radius 1 is 1.64 bits per heavy atom. The Labute approximate surface area is 80.6 Å². The van der Waals surface area contributed by atoms with E-state index in [4.69, 9.17) is 5.73 Å². The lowest BCUT2D eigenvalue weighted by Gasteiger charge is -2.08. The number of non-ortho nitro benzene ring substituents is 1. The highest BCUT2D eigenvalue weighted by Crippen LogP contribution is 2.27. The topological polar surface area (TPSA) is 89.4 Å². The van der Waals surface area contributed by atoms with Crippen LogP contribution in [0.15, 0.2) is 30.9 Å². The third-order valence-corrected chi connectivity index (χ3v) is 1.83. The lowest BCUT2D eigenvalue weighted by atomic mass is 10.1. The van der Waals surface area contributed by atoms with Crippen molar-refractivity contribution in [1.29, 1.82) is 0 Å². The highest BCUT2D eigenvalue weighted by atomic mass is 16.6. The third kappa shape index (κ3) is 1.89. The minimum Gasteiger partial charge on any atom is -0.508 e. The van der Waals surface area contributed by atoms with Gasteiger partial charge in [-0.05, 0) is 6.07 Å². The van der Waals surface area contributed by atoms with Crippen molar-refractivity contribution in [2.45, 2.75) is 6.04 Å². The lowest BCUT2D eigenvalue weighted by molar-refractivity contribution is -0.384. The van der Waals surface area contributed by atoms with Crippen molar-refractivity contribution in [3.63, 3.8) is 0 Å². The Balaban J connectivity index is 3.20. The van der Waals surface area contributed by atoms with E-state index in [1.165, 1.54) is 24.3 Å². The first-order valence-electron chi connectivity index (χ1n) is 3.91. The number of rotatable bonds is 3. The number of phenols is 1. The van der Waals surface area contributed by atoms with Crippen molar-refractivity contribution in [1.82, 2.24) is 0 Å². The van der Waals surface area contributed by atoms with E-state index in [0.29, 0.717) is 5.56 Å². The van der Waals surface area contributed by atoms with Gasteiger partial charge in [0.2, 0.25) is 0 Å². The summed E-state index contributed by atoms with van der Waals surface area (Å²) in [4.78, 5) is 9.89. The number of nitro groups is 1. The van der Waals surface area contributed by atoms with Gasteiger partial charge in [0, 0.05) is 17.7 Å². The molecular weight excluding hydrogens is 184 g/mol. The van der Waals surface area contributed by atoms with Crippen LogP contribution in [0.5, 0.6) is 5.75 Å². The standard InChI is InChI=1S/C9H10N2O3/c1-2-8(10)7-5-6(11(13)14)3-4-9(7)12/h2-5,8,12H,1,10H2/t8-/m1/s1. The van der Waals surface area contributed by atoms with Crippen LogP contribution in [0.25, 0.3) is 0 Å². The number of aromatic hydroxyl groups is 1. The zero-order chi connectivity index (χ0) is 10.7. The molecule has 0 aromatic heterocycles. The van der Waals surface area contributed by atoms with Gasteiger partial charge in [0.25, 0.3) is 5.69 Å². The number of phenolic OH excluding ortho intramolecular Hbond substituents is 1. The van der Waals surface area contributed by atoms with Gasteiger partial charge in [0.05, 0.1) is 11.0 Å². The molecule has 0 unspecified atom stereocenters. The lowest BCUT2D eigenvalue weighted by Crippen LogP contribution is -2.07. The molecule has 0 heterocycles. The maximum absolute atomic E-state index is 10.4. The summed E-state index contributed by atoms with van der Waals surface area (Å²) < 4.78 is 0. The molecule has 3 N–H and O–H groups in total. The maximum Gasteiger partial charge on any atom is 0.270 e. The van der Waals surface area contributed by atoms with Crippen molar-refractivity contribution in [3.05, 3.63) is 46.5 Å². The zero-order valence-corrected chi connectivity index (χ0v) is 7.38. The van der Waals surface area contributed by atoms with E-state index in [1.54, 1.807) is 0 Å². The fraction of sp³-hybridized carbons (Fsp3) is 0.111. The second-order valence-corrected chi connectivity index (χ2v) is 2.76. The molecule has 5 heteroatoms. The Morgan fingerprint density at radius 2 is 2.29 bits per heavy atom.